The Morgan fingerprint density at radius 1 is 1.35 bits per heavy atom. The summed E-state index contributed by atoms with van der Waals surface area (Å²) in [6.45, 7) is 2.72. The van der Waals surface area contributed by atoms with Crippen LogP contribution in [0.1, 0.15) is 11.1 Å². The quantitative estimate of drug-likeness (QED) is 0.877. The Hall–Kier alpha value is -1.81. The maximum atomic E-state index is 5.96. The van der Waals surface area contributed by atoms with Crippen LogP contribution in [0.2, 0.25) is 5.02 Å². The predicted molar refractivity (Wildman–Crippen MR) is 70.0 cm³/mol. The van der Waals surface area contributed by atoms with Crippen molar-refractivity contribution in [1.29, 1.82) is 0 Å². The molecule has 0 saturated heterocycles. The summed E-state index contributed by atoms with van der Waals surface area (Å²) in [7, 11) is 0. The zero-order valence-corrected chi connectivity index (χ0v) is 10.2. The second-order valence-corrected chi connectivity index (χ2v) is 4.11. The van der Waals surface area contributed by atoms with Crippen LogP contribution in [0.15, 0.2) is 30.5 Å². The zero-order valence-electron chi connectivity index (χ0n) is 9.44. The van der Waals surface area contributed by atoms with Gasteiger partial charge in [0.05, 0.1) is 6.20 Å². The minimum absolute atomic E-state index is 0.210. The van der Waals surface area contributed by atoms with Gasteiger partial charge in [0.1, 0.15) is 5.02 Å². The summed E-state index contributed by atoms with van der Waals surface area (Å²) in [5.74, 6) is 0.768. The molecule has 4 nitrogen and oxygen atoms in total. The van der Waals surface area contributed by atoms with Gasteiger partial charge in [-0.1, -0.05) is 35.9 Å². The molecule has 2 aromatic rings. The maximum absolute atomic E-state index is 5.96. The summed E-state index contributed by atoms with van der Waals surface area (Å²) in [6.07, 6.45) is 1.49. The van der Waals surface area contributed by atoms with Gasteiger partial charge in [-0.2, -0.15) is 4.98 Å². The fourth-order valence-corrected chi connectivity index (χ4v) is 1.65. The van der Waals surface area contributed by atoms with Crippen LogP contribution in [0.4, 0.5) is 11.8 Å². The molecule has 17 heavy (non-hydrogen) atoms. The van der Waals surface area contributed by atoms with Crippen molar-refractivity contribution in [1.82, 2.24) is 9.97 Å². The largest absolute Gasteiger partial charge is 0.368 e. The van der Waals surface area contributed by atoms with E-state index in [1.807, 2.05) is 12.1 Å². The Labute approximate surface area is 105 Å². The first-order valence-electron chi connectivity index (χ1n) is 5.23. The zero-order chi connectivity index (χ0) is 12.3. The summed E-state index contributed by atoms with van der Waals surface area (Å²) < 4.78 is 0. The summed E-state index contributed by atoms with van der Waals surface area (Å²) in [5.41, 5.74) is 7.92. The van der Waals surface area contributed by atoms with Gasteiger partial charge in [-0.15, -0.1) is 0 Å². The second-order valence-electron chi connectivity index (χ2n) is 3.70. The topological polar surface area (TPSA) is 63.8 Å². The van der Waals surface area contributed by atoms with E-state index in [1.54, 1.807) is 0 Å². The number of halogens is 1. The van der Waals surface area contributed by atoms with E-state index in [0.29, 0.717) is 17.4 Å². The standard InChI is InChI=1S/C12H13ClN4/c1-8-4-2-3-5-9(8)6-15-11-10(13)7-16-12(14)17-11/h2-5,7H,6H2,1H3,(H3,14,15,16,17). The monoisotopic (exact) mass is 248 g/mol. The highest BCUT2D eigenvalue weighted by Gasteiger charge is 2.04. The lowest BCUT2D eigenvalue weighted by atomic mass is 10.1. The Balaban J connectivity index is 2.12. The first kappa shape index (κ1) is 11.7. The van der Waals surface area contributed by atoms with Crippen molar-refractivity contribution in [2.24, 2.45) is 0 Å². The van der Waals surface area contributed by atoms with E-state index in [4.69, 9.17) is 17.3 Å². The predicted octanol–water partition coefficient (Wildman–Crippen LogP) is 2.63. The van der Waals surface area contributed by atoms with E-state index in [9.17, 15) is 0 Å². The highest BCUT2D eigenvalue weighted by molar-refractivity contribution is 6.32. The van der Waals surface area contributed by atoms with Crippen LogP contribution in [0.5, 0.6) is 0 Å². The number of aromatic nitrogens is 2. The molecule has 3 N–H and O–H groups in total. The van der Waals surface area contributed by atoms with Gasteiger partial charge < -0.3 is 11.1 Å². The van der Waals surface area contributed by atoms with Crippen molar-refractivity contribution in [3.05, 3.63) is 46.6 Å². The average Bonchev–Trinajstić information content (AvgIpc) is 2.32. The Morgan fingerprint density at radius 3 is 2.88 bits per heavy atom. The number of hydrogen-bond acceptors (Lipinski definition) is 4. The Bertz CT molecular complexity index is 528. The molecule has 0 unspecified atom stereocenters. The molecule has 0 aliphatic carbocycles. The molecular formula is C12H13ClN4. The molecule has 0 aliphatic rings. The number of nitrogen functional groups attached to an aromatic ring is 1. The van der Waals surface area contributed by atoms with Crippen molar-refractivity contribution in [2.45, 2.75) is 13.5 Å². The molecule has 0 bridgehead atoms. The van der Waals surface area contributed by atoms with E-state index in [-0.39, 0.29) is 5.95 Å². The van der Waals surface area contributed by atoms with Crippen LogP contribution >= 0.6 is 11.6 Å². The molecule has 0 spiro atoms. The van der Waals surface area contributed by atoms with Crippen molar-refractivity contribution >= 4 is 23.4 Å². The minimum atomic E-state index is 0.210. The number of anilines is 2. The molecule has 88 valence electrons. The van der Waals surface area contributed by atoms with Crippen LogP contribution in [0.3, 0.4) is 0 Å². The second kappa shape index (κ2) is 5.01. The van der Waals surface area contributed by atoms with Crippen molar-refractivity contribution < 1.29 is 0 Å². The van der Waals surface area contributed by atoms with Gasteiger partial charge in [0.2, 0.25) is 5.95 Å². The van der Waals surface area contributed by atoms with Gasteiger partial charge >= 0.3 is 0 Å². The SMILES string of the molecule is Cc1ccccc1CNc1nc(N)ncc1Cl. The smallest absolute Gasteiger partial charge is 0.222 e. The fraction of sp³-hybridized carbons (Fsp3) is 0.167. The van der Waals surface area contributed by atoms with Gasteiger partial charge in [-0.05, 0) is 18.1 Å². The van der Waals surface area contributed by atoms with E-state index < -0.39 is 0 Å². The number of benzene rings is 1. The number of hydrogen-bond donors (Lipinski definition) is 2. The van der Waals surface area contributed by atoms with Gasteiger partial charge in [-0.3, -0.25) is 0 Å². The van der Waals surface area contributed by atoms with Crippen LogP contribution < -0.4 is 11.1 Å². The molecule has 2 rings (SSSR count). The molecular weight excluding hydrogens is 236 g/mol. The van der Waals surface area contributed by atoms with E-state index in [1.165, 1.54) is 17.3 Å². The summed E-state index contributed by atoms with van der Waals surface area (Å²) in [6, 6.07) is 8.13. The molecule has 0 atom stereocenters. The average molecular weight is 249 g/mol. The highest BCUT2D eigenvalue weighted by Crippen LogP contribution is 2.19. The summed E-state index contributed by atoms with van der Waals surface area (Å²) >= 11 is 5.96. The number of rotatable bonds is 3. The van der Waals surface area contributed by atoms with E-state index in [2.05, 4.69) is 34.3 Å². The van der Waals surface area contributed by atoms with Crippen molar-refractivity contribution in [3.8, 4) is 0 Å². The molecule has 5 heteroatoms. The van der Waals surface area contributed by atoms with Gasteiger partial charge in [0.15, 0.2) is 5.82 Å². The Kier molecular flexibility index (Phi) is 3.44. The number of nitrogens with two attached hydrogens (primary N) is 1. The number of nitrogens with one attached hydrogen (secondary N) is 1. The third-order valence-corrected chi connectivity index (χ3v) is 2.75. The van der Waals surface area contributed by atoms with Gasteiger partial charge in [0, 0.05) is 6.54 Å². The first-order chi connectivity index (χ1) is 8.16. The molecule has 1 heterocycles. The van der Waals surface area contributed by atoms with Crippen LogP contribution in [-0.2, 0) is 6.54 Å². The van der Waals surface area contributed by atoms with Crippen molar-refractivity contribution in [3.63, 3.8) is 0 Å². The van der Waals surface area contributed by atoms with Crippen LogP contribution in [-0.4, -0.2) is 9.97 Å². The third kappa shape index (κ3) is 2.85. The van der Waals surface area contributed by atoms with E-state index in [0.717, 1.165) is 0 Å². The van der Waals surface area contributed by atoms with Crippen molar-refractivity contribution in [2.75, 3.05) is 11.1 Å². The summed E-state index contributed by atoms with van der Waals surface area (Å²) in [4.78, 5) is 7.85. The van der Waals surface area contributed by atoms with Gasteiger partial charge in [-0.25, -0.2) is 4.98 Å². The molecule has 0 fully saturated rings. The molecule has 1 aromatic heterocycles. The lowest BCUT2D eigenvalue weighted by Gasteiger charge is -2.09. The molecule has 0 aliphatic heterocycles. The van der Waals surface area contributed by atoms with Crippen LogP contribution in [0, 0.1) is 6.92 Å². The maximum Gasteiger partial charge on any atom is 0.222 e. The lowest BCUT2D eigenvalue weighted by Crippen LogP contribution is -2.05. The van der Waals surface area contributed by atoms with E-state index >= 15 is 0 Å². The molecule has 1 aromatic carbocycles. The normalized spacial score (nSPS) is 10.2. The summed E-state index contributed by atoms with van der Waals surface area (Å²) in [5, 5.41) is 3.61. The molecule has 0 amide bonds. The van der Waals surface area contributed by atoms with Gasteiger partial charge in [0.25, 0.3) is 0 Å². The minimum Gasteiger partial charge on any atom is -0.368 e. The molecule has 0 saturated carbocycles. The Morgan fingerprint density at radius 2 is 2.12 bits per heavy atom. The third-order valence-electron chi connectivity index (χ3n) is 2.47. The number of nitrogens with zero attached hydrogens (tertiary/aromatic N) is 2. The van der Waals surface area contributed by atoms with Crippen LogP contribution in [0.25, 0.3) is 0 Å². The number of aryl methyl sites for hydroxylation is 1. The highest BCUT2D eigenvalue weighted by atomic mass is 35.5. The fourth-order valence-electron chi connectivity index (χ4n) is 1.49. The first-order valence-corrected chi connectivity index (χ1v) is 5.61. The molecule has 0 radical (unpaired) electrons. The lowest BCUT2D eigenvalue weighted by molar-refractivity contribution is 1.07.